The highest BCUT2D eigenvalue weighted by atomic mass is 19.1. The number of nitrogens with one attached hydrogen (secondary N) is 1. The van der Waals surface area contributed by atoms with Crippen LogP contribution in [-0.4, -0.2) is 23.9 Å². The molecular weight excluding hydrogens is 313 g/mol. The topological polar surface area (TPSA) is 37.3 Å². The van der Waals surface area contributed by atoms with Gasteiger partial charge in [-0.15, -0.1) is 0 Å². The Morgan fingerprint density at radius 2 is 2.24 bits per heavy atom. The first-order valence-corrected chi connectivity index (χ1v) is 8.96. The fraction of sp³-hybridized carbons (Fsp3) is 0.429. The number of pyridine rings is 1. The third-order valence-electron chi connectivity index (χ3n) is 4.86. The maximum absolute atomic E-state index is 13.6. The van der Waals surface area contributed by atoms with Gasteiger partial charge in [0.25, 0.3) is 0 Å². The van der Waals surface area contributed by atoms with Crippen LogP contribution in [0.2, 0.25) is 0 Å². The number of aryl methyl sites for hydroxylation is 1. The maximum Gasteiger partial charge on any atom is 0.147 e. The molecule has 1 aromatic rings. The molecule has 3 rings (SSSR count). The van der Waals surface area contributed by atoms with Gasteiger partial charge in [-0.1, -0.05) is 25.6 Å². The molecule has 1 atom stereocenters. The van der Waals surface area contributed by atoms with E-state index in [4.69, 9.17) is 4.98 Å². The first kappa shape index (κ1) is 17.6. The molecule has 4 heteroatoms. The lowest BCUT2D eigenvalue weighted by Gasteiger charge is -2.27. The average molecular weight is 339 g/mol. The lowest BCUT2D eigenvalue weighted by atomic mass is 9.79. The Hall–Kier alpha value is -2.23. The van der Waals surface area contributed by atoms with Crippen molar-refractivity contribution in [3.63, 3.8) is 0 Å². The highest BCUT2D eigenvalue weighted by molar-refractivity contribution is 5.98. The lowest BCUT2D eigenvalue weighted by molar-refractivity contribution is 0.368. The van der Waals surface area contributed by atoms with Gasteiger partial charge < -0.3 is 5.32 Å². The molecule has 0 saturated carbocycles. The van der Waals surface area contributed by atoms with E-state index in [0.29, 0.717) is 0 Å². The first-order chi connectivity index (χ1) is 12.0. The van der Waals surface area contributed by atoms with Crippen LogP contribution in [0.15, 0.2) is 47.8 Å². The van der Waals surface area contributed by atoms with Crippen molar-refractivity contribution < 1.29 is 4.39 Å². The van der Waals surface area contributed by atoms with Crippen LogP contribution in [-0.2, 0) is 6.42 Å². The minimum atomic E-state index is -0.123. The second-order valence-corrected chi connectivity index (χ2v) is 7.27. The highest BCUT2D eigenvalue weighted by Crippen LogP contribution is 2.35. The zero-order valence-corrected chi connectivity index (χ0v) is 15.1. The standard InChI is InChI=1S/C21H26FN3/c1-15(2)17-8-9-19(20-23-12-13-24-20)25-18(17)7-5-11-21(3)10-4-6-16(22)14-21/h4,6,8-9,14H,1,5,7,10-13H2,2-3H3,(H,23,24). The fourth-order valence-corrected chi connectivity index (χ4v) is 3.50. The zero-order valence-electron chi connectivity index (χ0n) is 15.1. The summed E-state index contributed by atoms with van der Waals surface area (Å²) >= 11 is 0. The van der Waals surface area contributed by atoms with Gasteiger partial charge in [-0.25, -0.2) is 9.37 Å². The number of rotatable bonds is 6. The number of aromatic nitrogens is 1. The molecule has 132 valence electrons. The summed E-state index contributed by atoms with van der Waals surface area (Å²) in [5.41, 5.74) is 3.98. The molecular formula is C21H26FN3. The van der Waals surface area contributed by atoms with E-state index in [-0.39, 0.29) is 11.2 Å². The molecule has 2 heterocycles. The second-order valence-electron chi connectivity index (χ2n) is 7.27. The highest BCUT2D eigenvalue weighted by Gasteiger charge is 2.23. The molecule has 1 aliphatic carbocycles. The summed E-state index contributed by atoms with van der Waals surface area (Å²) < 4.78 is 13.6. The van der Waals surface area contributed by atoms with Gasteiger partial charge in [0.1, 0.15) is 17.4 Å². The number of hydrogen-bond acceptors (Lipinski definition) is 3. The fourth-order valence-electron chi connectivity index (χ4n) is 3.50. The van der Waals surface area contributed by atoms with E-state index in [0.717, 1.165) is 67.1 Å². The van der Waals surface area contributed by atoms with Gasteiger partial charge in [0.2, 0.25) is 0 Å². The van der Waals surface area contributed by atoms with Gasteiger partial charge in [-0.3, -0.25) is 4.99 Å². The van der Waals surface area contributed by atoms with Gasteiger partial charge in [0.15, 0.2) is 0 Å². The summed E-state index contributed by atoms with van der Waals surface area (Å²) in [6.07, 6.45) is 8.89. The Morgan fingerprint density at radius 3 is 2.92 bits per heavy atom. The van der Waals surface area contributed by atoms with E-state index < -0.39 is 0 Å². The van der Waals surface area contributed by atoms with Gasteiger partial charge in [-0.2, -0.15) is 0 Å². The number of allylic oxidation sites excluding steroid dienone is 5. The summed E-state index contributed by atoms with van der Waals surface area (Å²) in [6.45, 7) is 9.89. The number of halogens is 1. The number of nitrogens with zero attached hydrogens (tertiary/aromatic N) is 2. The van der Waals surface area contributed by atoms with Gasteiger partial charge >= 0.3 is 0 Å². The Kier molecular flexibility index (Phi) is 5.16. The van der Waals surface area contributed by atoms with E-state index in [1.54, 1.807) is 12.2 Å². The quantitative estimate of drug-likeness (QED) is 0.822. The van der Waals surface area contributed by atoms with Crippen LogP contribution >= 0.6 is 0 Å². The summed E-state index contributed by atoms with van der Waals surface area (Å²) in [5.74, 6) is 0.755. The van der Waals surface area contributed by atoms with Crippen molar-refractivity contribution in [2.75, 3.05) is 13.1 Å². The molecule has 0 radical (unpaired) electrons. The smallest absolute Gasteiger partial charge is 0.147 e. The second kappa shape index (κ2) is 7.34. The van der Waals surface area contributed by atoms with E-state index in [9.17, 15) is 4.39 Å². The molecule has 1 unspecified atom stereocenters. The minimum absolute atomic E-state index is 0.100. The normalized spacial score (nSPS) is 22.4. The molecule has 1 aliphatic heterocycles. The summed E-state index contributed by atoms with van der Waals surface area (Å²) in [7, 11) is 0. The summed E-state index contributed by atoms with van der Waals surface area (Å²) in [6, 6.07) is 4.10. The minimum Gasteiger partial charge on any atom is -0.367 e. The third kappa shape index (κ3) is 4.25. The van der Waals surface area contributed by atoms with Crippen LogP contribution in [0.1, 0.15) is 50.1 Å². The molecule has 0 amide bonds. The van der Waals surface area contributed by atoms with Gasteiger partial charge in [-0.05, 0) is 67.4 Å². The van der Waals surface area contributed by atoms with Gasteiger partial charge in [0, 0.05) is 12.2 Å². The SMILES string of the molecule is C=C(C)c1ccc(C2=NCCN2)nc1CCCC1(C)C=C(F)C=CC1. The Labute approximate surface area is 149 Å². The van der Waals surface area contributed by atoms with E-state index in [2.05, 4.69) is 29.9 Å². The maximum atomic E-state index is 13.6. The Bertz CT molecular complexity index is 760. The lowest BCUT2D eigenvalue weighted by Crippen LogP contribution is -2.21. The largest absolute Gasteiger partial charge is 0.367 e. The summed E-state index contributed by atoms with van der Waals surface area (Å²) in [5, 5.41) is 3.28. The number of amidine groups is 1. The van der Waals surface area contributed by atoms with Crippen molar-refractivity contribution in [2.24, 2.45) is 10.4 Å². The molecule has 2 aliphatic rings. The predicted molar refractivity (Wildman–Crippen MR) is 102 cm³/mol. The van der Waals surface area contributed by atoms with Gasteiger partial charge in [0.05, 0.1) is 6.54 Å². The van der Waals surface area contributed by atoms with Crippen LogP contribution < -0.4 is 5.32 Å². The Balaban J connectivity index is 1.73. The van der Waals surface area contributed by atoms with Crippen molar-refractivity contribution in [1.82, 2.24) is 10.3 Å². The van der Waals surface area contributed by atoms with Crippen LogP contribution in [0, 0.1) is 5.41 Å². The third-order valence-corrected chi connectivity index (χ3v) is 4.86. The first-order valence-electron chi connectivity index (χ1n) is 8.96. The monoisotopic (exact) mass is 339 g/mol. The molecule has 0 aromatic carbocycles. The van der Waals surface area contributed by atoms with Crippen molar-refractivity contribution in [1.29, 1.82) is 0 Å². The van der Waals surface area contributed by atoms with Crippen LogP contribution in [0.5, 0.6) is 0 Å². The molecule has 0 saturated heterocycles. The van der Waals surface area contributed by atoms with E-state index >= 15 is 0 Å². The predicted octanol–water partition coefficient (Wildman–Crippen LogP) is 4.61. The summed E-state index contributed by atoms with van der Waals surface area (Å²) in [4.78, 5) is 9.30. The van der Waals surface area contributed by atoms with Crippen molar-refractivity contribution in [2.45, 2.75) is 39.5 Å². The molecule has 25 heavy (non-hydrogen) atoms. The van der Waals surface area contributed by atoms with Crippen molar-refractivity contribution >= 4 is 11.4 Å². The number of hydrogen-bond donors (Lipinski definition) is 1. The molecule has 0 fully saturated rings. The van der Waals surface area contributed by atoms with Crippen molar-refractivity contribution in [3.05, 3.63) is 59.7 Å². The molecule has 0 bridgehead atoms. The van der Waals surface area contributed by atoms with E-state index in [1.165, 1.54) is 0 Å². The molecule has 3 nitrogen and oxygen atoms in total. The Morgan fingerprint density at radius 1 is 1.40 bits per heavy atom. The molecule has 1 N–H and O–H groups in total. The number of aliphatic imine (C=N–C) groups is 1. The van der Waals surface area contributed by atoms with E-state index in [1.807, 2.05) is 19.1 Å². The zero-order chi connectivity index (χ0) is 17.9. The molecule has 0 spiro atoms. The van der Waals surface area contributed by atoms with Crippen LogP contribution in [0.4, 0.5) is 4.39 Å². The van der Waals surface area contributed by atoms with Crippen LogP contribution in [0.3, 0.4) is 0 Å². The van der Waals surface area contributed by atoms with Crippen molar-refractivity contribution in [3.8, 4) is 0 Å². The van der Waals surface area contributed by atoms with Crippen LogP contribution in [0.25, 0.3) is 5.57 Å². The average Bonchev–Trinajstić information content (AvgIpc) is 3.08. The molecule has 1 aromatic heterocycles.